The predicted molar refractivity (Wildman–Crippen MR) is 60.6 cm³/mol. The maximum atomic E-state index is 10.6. The molecule has 2 rings (SSSR count). The van der Waals surface area contributed by atoms with Crippen molar-refractivity contribution >= 4 is 17.7 Å². The molecule has 17 heavy (non-hydrogen) atoms. The van der Waals surface area contributed by atoms with Crippen LogP contribution >= 0.6 is 0 Å². The van der Waals surface area contributed by atoms with Crippen LogP contribution in [0.25, 0.3) is 5.78 Å². The molecule has 0 bridgehead atoms. The molecule has 0 aliphatic rings. The van der Waals surface area contributed by atoms with Gasteiger partial charge in [-0.2, -0.15) is 9.50 Å². The van der Waals surface area contributed by atoms with E-state index in [0.717, 1.165) is 17.0 Å². The van der Waals surface area contributed by atoms with Crippen LogP contribution in [0.5, 0.6) is 0 Å². The number of anilines is 1. The minimum Gasteiger partial charge on any atom is -0.481 e. The third-order valence-electron chi connectivity index (χ3n) is 2.65. The van der Waals surface area contributed by atoms with Gasteiger partial charge in [-0.25, -0.2) is 4.98 Å². The lowest BCUT2D eigenvalue weighted by Gasteiger charge is -2.08. The fourth-order valence-electron chi connectivity index (χ4n) is 1.82. The number of hydrogen-bond acceptors (Lipinski definition) is 5. The van der Waals surface area contributed by atoms with Gasteiger partial charge in [-0.05, 0) is 25.8 Å². The van der Waals surface area contributed by atoms with Gasteiger partial charge in [0.05, 0.1) is 0 Å². The molecule has 0 radical (unpaired) electrons. The van der Waals surface area contributed by atoms with E-state index in [-0.39, 0.29) is 12.4 Å². The first-order valence-electron chi connectivity index (χ1n) is 5.19. The Morgan fingerprint density at radius 1 is 1.41 bits per heavy atom. The topological polar surface area (TPSA) is 106 Å². The highest BCUT2D eigenvalue weighted by Gasteiger charge is 2.13. The van der Waals surface area contributed by atoms with E-state index in [1.807, 2.05) is 13.8 Å². The SMILES string of the molecule is Cc1nc2nc(N)nn2c(C)c1CCC(=O)O. The fraction of sp³-hybridized carbons (Fsp3) is 0.400. The molecule has 0 aliphatic carbocycles. The van der Waals surface area contributed by atoms with Crippen molar-refractivity contribution in [3.8, 4) is 0 Å². The standard InChI is InChI=1S/C10H13N5O2/c1-5-7(3-4-8(16)17)6(2)15-10(12-5)13-9(11)14-15/h3-4H2,1-2H3,(H2,11,14)(H,16,17). The molecule has 0 atom stereocenters. The molecule has 0 saturated carbocycles. The summed E-state index contributed by atoms with van der Waals surface area (Å²) in [6.45, 7) is 3.68. The summed E-state index contributed by atoms with van der Waals surface area (Å²) in [5.41, 5.74) is 7.98. The molecule has 0 aliphatic heterocycles. The van der Waals surface area contributed by atoms with E-state index >= 15 is 0 Å². The quantitative estimate of drug-likeness (QED) is 0.794. The molecule has 7 heteroatoms. The fourth-order valence-corrected chi connectivity index (χ4v) is 1.82. The van der Waals surface area contributed by atoms with E-state index in [0.29, 0.717) is 12.2 Å². The van der Waals surface area contributed by atoms with Gasteiger partial charge in [-0.15, -0.1) is 5.10 Å². The zero-order valence-corrected chi connectivity index (χ0v) is 9.64. The van der Waals surface area contributed by atoms with Gasteiger partial charge in [0.2, 0.25) is 5.95 Å². The number of carboxylic acids is 1. The van der Waals surface area contributed by atoms with Crippen molar-refractivity contribution in [2.75, 3.05) is 5.73 Å². The van der Waals surface area contributed by atoms with Gasteiger partial charge in [-0.1, -0.05) is 0 Å². The Morgan fingerprint density at radius 2 is 2.12 bits per heavy atom. The average Bonchev–Trinajstić information content (AvgIpc) is 2.58. The van der Waals surface area contributed by atoms with E-state index in [2.05, 4.69) is 15.1 Å². The smallest absolute Gasteiger partial charge is 0.303 e. The normalized spacial score (nSPS) is 10.9. The van der Waals surface area contributed by atoms with Crippen molar-refractivity contribution in [2.24, 2.45) is 0 Å². The number of aromatic nitrogens is 4. The first kappa shape index (κ1) is 11.3. The van der Waals surface area contributed by atoms with Gasteiger partial charge in [0.15, 0.2) is 0 Å². The Hall–Kier alpha value is -2.18. The molecule has 2 aromatic rings. The number of nitrogens with two attached hydrogens (primary N) is 1. The number of hydrogen-bond donors (Lipinski definition) is 2. The molecular weight excluding hydrogens is 222 g/mol. The van der Waals surface area contributed by atoms with Crippen LogP contribution in [0.3, 0.4) is 0 Å². The Labute approximate surface area is 97.3 Å². The molecule has 2 aromatic heterocycles. The molecule has 3 N–H and O–H groups in total. The van der Waals surface area contributed by atoms with Crippen LogP contribution < -0.4 is 5.73 Å². The molecule has 0 fully saturated rings. The van der Waals surface area contributed by atoms with E-state index in [4.69, 9.17) is 10.8 Å². The number of nitrogens with zero attached hydrogens (tertiary/aromatic N) is 4. The Morgan fingerprint density at radius 3 is 2.76 bits per heavy atom. The summed E-state index contributed by atoms with van der Waals surface area (Å²) in [5.74, 6) is -0.228. The summed E-state index contributed by atoms with van der Waals surface area (Å²) >= 11 is 0. The number of fused-ring (bicyclic) bond motifs is 1. The summed E-state index contributed by atoms with van der Waals surface area (Å²) in [7, 11) is 0. The van der Waals surface area contributed by atoms with Crippen molar-refractivity contribution in [3.05, 3.63) is 17.0 Å². The summed E-state index contributed by atoms with van der Waals surface area (Å²) in [6.07, 6.45) is 0.495. The maximum Gasteiger partial charge on any atom is 0.303 e. The largest absolute Gasteiger partial charge is 0.481 e. The zero-order chi connectivity index (χ0) is 12.6. The van der Waals surface area contributed by atoms with Crippen molar-refractivity contribution < 1.29 is 9.90 Å². The second-order valence-corrected chi connectivity index (χ2v) is 3.84. The second kappa shape index (κ2) is 4.00. The van der Waals surface area contributed by atoms with Crippen LogP contribution in [0.4, 0.5) is 5.95 Å². The first-order valence-corrected chi connectivity index (χ1v) is 5.19. The van der Waals surface area contributed by atoms with Crippen LogP contribution in [0, 0.1) is 13.8 Å². The highest BCUT2D eigenvalue weighted by atomic mass is 16.4. The van der Waals surface area contributed by atoms with Crippen LogP contribution in [0.2, 0.25) is 0 Å². The van der Waals surface area contributed by atoms with E-state index in [9.17, 15) is 4.79 Å². The number of aryl methyl sites for hydroxylation is 2. The minimum absolute atomic E-state index is 0.0685. The third-order valence-corrected chi connectivity index (χ3v) is 2.65. The third kappa shape index (κ3) is 2.03. The second-order valence-electron chi connectivity index (χ2n) is 3.84. The monoisotopic (exact) mass is 235 g/mol. The minimum atomic E-state index is -0.831. The Bertz CT molecular complexity index is 590. The molecule has 0 aromatic carbocycles. The highest BCUT2D eigenvalue weighted by Crippen LogP contribution is 2.15. The van der Waals surface area contributed by atoms with Gasteiger partial charge in [0.1, 0.15) is 0 Å². The number of aliphatic carboxylic acids is 1. The molecule has 2 heterocycles. The average molecular weight is 235 g/mol. The van der Waals surface area contributed by atoms with E-state index in [1.54, 1.807) is 4.52 Å². The number of rotatable bonds is 3. The van der Waals surface area contributed by atoms with Crippen molar-refractivity contribution in [3.63, 3.8) is 0 Å². The predicted octanol–water partition coefficient (Wildman–Crippen LogP) is 0.341. The van der Waals surface area contributed by atoms with Gasteiger partial charge in [-0.3, -0.25) is 4.79 Å². The molecule has 0 amide bonds. The first-order chi connectivity index (χ1) is 7.99. The lowest BCUT2D eigenvalue weighted by Crippen LogP contribution is -2.08. The van der Waals surface area contributed by atoms with E-state index < -0.39 is 5.97 Å². The molecule has 0 unspecified atom stereocenters. The zero-order valence-electron chi connectivity index (χ0n) is 9.64. The molecular formula is C10H13N5O2. The molecule has 0 saturated heterocycles. The summed E-state index contributed by atoms with van der Waals surface area (Å²) in [4.78, 5) is 18.8. The van der Waals surface area contributed by atoms with Crippen LogP contribution in [-0.4, -0.2) is 30.7 Å². The molecule has 0 spiro atoms. The summed E-state index contributed by atoms with van der Waals surface area (Å²) in [6, 6.07) is 0. The van der Waals surface area contributed by atoms with Crippen LogP contribution in [0.1, 0.15) is 23.4 Å². The lowest BCUT2D eigenvalue weighted by molar-refractivity contribution is -0.136. The highest BCUT2D eigenvalue weighted by molar-refractivity contribution is 5.67. The van der Waals surface area contributed by atoms with Gasteiger partial charge in [0, 0.05) is 17.8 Å². The van der Waals surface area contributed by atoms with Crippen molar-refractivity contribution in [1.29, 1.82) is 0 Å². The Kier molecular flexibility index (Phi) is 2.66. The Balaban J connectivity index is 2.51. The van der Waals surface area contributed by atoms with Gasteiger partial charge < -0.3 is 10.8 Å². The van der Waals surface area contributed by atoms with E-state index in [1.165, 1.54) is 0 Å². The van der Waals surface area contributed by atoms with Crippen molar-refractivity contribution in [2.45, 2.75) is 26.7 Å². The number of carbonyl (C=O) groups is 1. The van der Waals surface area contributed by atoms with Crippen molar-refractivity contribution in [1.82, 2.24) is 19.6 Å². The van der Waals surface area contributed by atoms with Gasteiger partial charge in [0.25, 0.3) is 5.78 Å². The summed E-state index contributed by atoms with van der Waals surface area (Å²) in [5, 5.41) is 12.7. The van der Waals surface area contributed by atoms with Gasteiger partial charge >= 0.3 is 5.97 Å². The van der Waals surface area contributed by atoms with Crippen LogP contribution in [0.15, 0.2) is 0 Å². The molecule has 90 valence electrons. The number of carboxylic acid groups (broad SMARTS) is 1. The lowest BCUT2D eigenvalue weighted by atomic mass is 10.1. The van der Waals surface area contributed by atoms with Crippen LogP contribution in [-0.2, 0) is 11.2 Å². The number of nitrogen functional groups attached to an aromatic ring is 1. The summed E-state index contributed by atoms with van der Waals surface area (Å²) < 4.78 is 1.54. The maximum absolute atomic E-state index is 10.6. The molecule has 7 nitrogen and oxygen atoms in total.